The summed E-state index contributed by atoms with van der Waals surface area (Å²) >= 11 is 0. The maximum absolute atomic E-state index is 11.9. The van der Waals surface area contributed by atoms with Gasteiger partial charge in [0.25, 0.3) is 0 Å². The Kier molecular flexibility index (Phi) is 8.19. The Balaban J connectivity index is 2.19. The Hall–Kier alpha value is -2.68. The molecule has 0 aromatic heterocycles. The van der Waals surface area contributed by atoms with Gasteiger partial charge in [0.05, 0.1) is 27.9 Å². The number of benzene rings is 1. The van der Waals surface area contributed by atoms with Gasteiger partial charge in [-0.1, -0.05) is 0 Å². The van der Waals surface area contributed by atoms with Crippen LogP contribution in [0, 0.1) is 5.92 Å². The highest BCUT2D eigenvalue weighted by Crippen LogP contribution is 2.39. The van der Waals surface area contributed by atoms with Gasteiger partial charge in [0, 0.05) is 51.0 Å². The molecule has 1 atom stereocenters. The minimum Gasteiger partial charge on any atom is -0.493 e. The van der Waals surface area contributed by atoms with E-state index in [1.165, 1.54) is 4.90 Å². The van der Waals surface area contributed by atoms with Crippen LogP contribution in [0.15, 0.2) is 17.1 Å². The van der Waals surface area contributed by atoms with Crippen LogP contribution in [0.3, 0.4) is 0 Å². The van der Waals surface area contributed by atoms with Crippen molar-refractivity contribution < 1.29 is 23.7 Å². The van der Waals surface area contributed by atoms with E-state index in [9.17, 15) is 4.79 Å². The summed E-state index contributed by atoms with van der Waals surface area (Å²) in [7, 11) is 8.08. The Bertz CT molecular complexity index is 662. The zero-order valence-corrected chi connectivity index (χ0v) is 17.2. The Morgan fingerprint density at radius 2 is 1.89 bits per heavy atom. The van der Waals surface area contributed by atoms with Gasteiger partial charge in [-0.3, -0.25) is 4.79 Å². The molecule has 156 valence electrons. The molecule has 2 rings (SSSR count). The first-order valence-corrected chi connectivity index (χ1v) is 9.11. The Morgan fingerprint density at radius 3 is 2.39 bits per heavy atom. The van der Waals surface area contributed by atoms with E-state index >= 15 is 0 Å². The van der Waals surface area contributed by atoms with Crippen LogP contribution in [0.4, 0.5) is 5.69 Å². The number of aliphatic imine (C=N–C) groups is 1. The molecule has 0 saturated carbocycles. The molecule has 9 nitrogen and oxygen atoms in total. The van der Waals surface area contributed by atoms with Crippen molar-refractivity contribution in [2.75, 3.05) is 67.0 Å². The van der Waals surface area contributed by atoms with Crippen molar-refractivity contribution in [1.29, 1.82) is 0 Å². The van der Waals surface area contributed by atoms with Gasteiger partial charge in [-0.2, -0.15) is 0 Å². The van der Waals surface area contributed by atoms with Crippen molar-refractivity contribution in [1.82, 2.24) is 10.2 Å². The molecular weight excluding hydrogens is 364 g/mol. The number of guanidine groups is 1. The summed E-state index contributed by atoms with van der Waals surface area (Å²) in [5, 5.41) is 6.49. The normalized spacial score (nSPS) is 16.5. The number of nitrogens with one attached hydrogen (secondary N) is 2. The van der Waals surface area contributed by atoms with E-state index in [0.717, 1.165) is 19.6 Å². The van der Waals surface area contributed by atoms with E-state index in [0.29, 0.717) is 41.4 Å². The van der Waals surface area contributed by atoms with Crippen LogP contribution in [0.1, 0.15) is 6.42 Å². The Morgan fingerprint density at radius 1 is 1.21 bits per heavy atom. The standard InChI is InChI=1S/C19H30N4O5/c1-23(2)17(24)11-21-19(20-10-13-6-7-28-12-13)22-14-8-15(25-3)18(27-5)16(9-14)26-4/h8-9,13H,6-7,10-12H2,1-5H3,(H2,20,21,22). The number of hydrogen-bond acceptors (Lipinski definition) is 6. The molecule has 0 bridgehead atoms. The van der Waals surface area contributed by atoms with Gasteiger partial charge in [-0.15, -0.1) is 0 Å². The van der Waals surface area contributed by atoms with E-state index in [4.69, 9.17) is 18.9 Å². The lowest BCUT2D eigenvalue weighted by Gasteiger charge is -2.18. The molecule has 1 saturated heterocycles. The minimum absolute atomic E-state index is 0.0356. The van der Waals surface area contributed by atoms with Crippen LogP contribution in [-0.2, 0) is 9.53 Å². The van der Waals surface area contributed by atoms with Gasteiger partial charge in [-0.25, -0.2) is 4.99 Å². The fraction of sp³-hybridized carbons (Fsp3) is 0.579. The third-order valence-corrected chi connectivity index (χ3v) is 4.38. The van der Waals surface area contributed by atoms with Crippen LogP contribution in [0.25, 0.3) is 0 Å². The molecule has 0 radical (unpaired) electrons. The lowest BCUT2D eigenvalue weighted by Crippen LogP contribution is -2.36. The summed E-state index contributed by atoms with van der Waals surface area (Å²) in [6, 6.07) is 3.57. The highest BCUT2D eigenvalue weighted by Gasteiger charge is 2.17. The molecule has 0 spiro atoms. The van der Waals surface area contributed by atoms with Crippen molar-refractivity contribution >= 4 is 17.6 Å². The van der Waals surface area contributed by atoms with Crippen molar-refractivity contribution in [2.24, 2.45) is 10.9 Å². The summed E-state index contributed by atoms with van der Waals surface area (Å²) in [5.41, 5.74) is 0.695. The molecule has 1 aromatic carbocycles. The van der Waals surface area contributed by atoms with Gasteiger partial charge < -0.3 is 34.5 Å². The van der Waals surface area contributed by atoms with Crippen LogP contribution < -0.4 is 24.8 Å². The highest BCUT2D eigenvalue weighted by molar-refractivity contribution is 5.95. The second-order valence-electron chi connectivity index (χ2n) is 6.60. The lowest BCUT2D eigenvalue weighted by atomic mass is 10.1. The second-order valence-corrected chi connectivity index (χ2v) is 6.60. The summed E-state index contributed by atoms with van der Waals surface area (Å²) in [6.45, 7) is 2.24. The second kappa shape index (κ2) is 10.6. The summed E-state index contributed by atoms with van der Waals surface area (Å²) in [6.07, 6.45) is 1.00. The largest absolute Gasteiger partial charge is 0.493 e. The average molecular weight is 394 g/mol. The lowest BCUT2D eigenvalue weighted by molar-refractivity contribution is -0.127. The number of rotatable bonds is 8. The average Bonchev–Trinajstić information content (AvgIpc) is 3.22. The molecule has 1 aliphatic rings. The molecule has 1 unspecified atom stereocenters. The predicted octanol–water partition coefficient (Wildman–Crippen LogP) is 1.19. The topological polar surface area (TPSA) is 93.7 Å². The first-order valence-electron chi connectivity index (χ1n) is 9.11. The first kappa shape index (κ1) is 21.6. The summed E-state index contributed by atoms with van der Waals surface area (Å²) in [4.78, 5) is 17.8. The zero-order valence-electron chi connectivity index (χ0n) is 17.2. The fourth-order valence-electron chi connectivity index (χ4n) is 2.70. The quantitative estimate of drug-likeness (QED) is 0.505. The van der Waals surface area contributed by atoms with Gasteiger partial charge in [0.2, 0.25) is 11.7 Å². The third-order valence-electron chi connectivity index (χ3n) is 4.38. The predicted molar refractivity (Wildman–Crippen MR) is 108 cm³/mol. The van der Waals surface area contributed by atoms with Crippen molar-refractivity contribution in [3.05, 3.63) is 12.1 Å². The number of amides is 1. The molecule has 1 heterocycles. The maximum atomic E-state index is 11.9. The number of ether oxygens (including phenoxy) is 4. The Labute approximate surface area is 166 Å². The van der Waals surface area contributed by atoms with Crippen LogP contribution >= 0.6 is 0 Å². The smallest absolute Gasteiger partial charge is 0.243 e. The molecule has 2 N–H and O–H groups in total. The maximum Gasteiger partial charge on any atom is 0.243 e. The monoisotopic (exact) mass is 394 g/mol. The van der Waals surface area contributed by atoms with Crippen LogP contribution in [-0.4, -0.2) is 78.5 Å². The first-order chi connectivity index (χ1) is 13.5. The zero-order chi connectivity index (χ0) is 20.5. The van der Waals surface area contributed by atoms with Gasteiger partial charge in [0.15, 0.2) is 17.5 Å². The fourth-order valence-corrected chi connectivity index (χ4v) is 2.70. The van der Waals surface area contributed by atoms with Gasteiger partial charge >= 0.3 is 0 Å². The minimum atomic E-state index is -0.0878. The summed E-state index contributed by atoms with van der Waals surface area (Å²) in [5.74, 6) is 2.38. The highest BCUT2D eigenvalue weighted by atomic mass is 16.5. The molecule has 1 aliphatic heterocycles. The van der Waals surface area contributed by atoms with Crippen molar-refractivity contribution in [2.45, 2.75) is 6.42 Å². The van der Waals surface area contributed by atoms with Crippen molar-refractivity contribution in [3.63, 3.8) is 0 Å². The van der Waals surface area contributed by atoms with E-state index < -0.39 is 0 Å². The van der Waals surface area contributed by atoms with E-state index in [-0.39, 0.29) is 12.5 Å². The van der Waals surface area contributed by atoms with Gasteiger partial charge in [-0.05, 0) is 6.42 Å². The van der Waals surface area contributed by atoms with Gasteiger partial charge in [0.1, 0.15) is 6.54 Å². The SMILES string of the molecule is COc1cc(NC(=NCC(=O)N(C)C)NCC2CCOC2)cc(OC)c1OC. The van der Waals surface area contributed by atoms with Crippen LogP contribution in [0.2, 0.25) is 0 Å². The van der Waals surface area contributed by atoms with E-state index in [2.05, 4.69) is 15.6 Å². The molecule has 1 amide bonds. The number of anilines is 1. The number of nitrogens with zero attached hydrogens (tertiary/aromatic N) is 2. The molecule has 1 fully saturated rings. The molecule has 1 aromatic rings. The van der Waals surface area contributed by atoms with Crippen LogP contribution in [0.5, 0.6) is 17.2 Å². The van der Waals surface area contributed by atoms with Crippen molar-refractivity contribution in [3.8, 4) is 17.2 Å². The molecular formula is C19H30N4O5. The molecule has 9 heteroatoms. The number of carbonyl (C=O) groups is 1. The number of likely N-dealkylation sites (N-methyl/N-ethyl adjacent to an activating group) is 1. The third kappa shape index (κ3) is 5.91. The summed E-state index contributed by atoms with van der Waals surface area (Å²) < 4.78 is 21.5. The molecule has 0 aliphatic carbocycles. The number of hydrogen-bond donors (Lipinski definition) is 2. The van der Waals surface area contributed by atoms with E-state index in [1.807, 2.05) is 0 Å². The number of carbonyl (C=O) groups excluding carboxylic acids is 1. The number of methoxy groups -OCH3 is 3. The van der Waals surface area contributed by atoms with E-state index in [1.54, 1.807) is 47.6 Å². The molecule has 28 heavy (non-hydrogen) atoms.